The second-order valence-corrected chi connectivity index (χ2v) is 6.26. The third kappa shape index (κ3) is 2.27. The van der Waals surface area contributed by atoms with Crippen molar-refractivity contribution in [2.24, 2.45) is 0 Å². The average molecular weight is 218 g/mol. The molecule has 2 rings (SSSR count). The summed E-state index contributed by atoms with van der Waals surface area (Å²) < 4.78 is 24.7. The molecule has 0 aromatic carbocycles. The highest BCUT2D eigenvalue weighted by Gasteiger charge is 2.30. The Morgan fingerprint density at radius 2 is 2.14 bits per heavy atom. The van der Waals surface area contributed by atoms with Crippen LogP contribution < -0.4 is 5.32 Å². The lowest BCUT2D eigenvalue weighted by Gasteiger charge is -2.27. The zero-order valence-corrected chi connectivity index (χ0v) is 9.22. The molecule has 5 heteroatoms. The Balaban J connectivity index is 1.90. The first-order valence-electron chi connectivity index (χ1n) is 5.40. The largest absolute Gasteiger partial charge is 0.313 e. The van der Waals surface area contributed by atoms with E-state index in [4.69, 9.17) is 0 Å². The molecule has 2 heterocycles. The third-order valence-corrected chi connectivity index (χ3v) is 4.96. The number of rotatable bonds is 2. The number of hydrogen-bond acceptors (Lipinski definition) is 3. The summed E-state index contributed by atoms with van der Waals surface area (Å²) in [5.41, 5.74) is 0. The van der Waals surface area contributed by atoms with Crippen LogP contribution in [0.5, 0.6) is 0 Å². The van der Waals surface area contributed by atoms with Crippen LogP contribution in [0.15, 0.2) is 0 Å². The van der Waals surface area contributed by atoms with E-state index in [1.807, 2.05) is 0 Å². The fourth-order valence-electron chi connectivity index (χ4n) is 2.22. The molecule has 4 nitrogen and oxygen atoms in total. The van der Waals surface area contributed by atoms with Crippen LogP contribution in [-0.4, -0.2) is 44.2 Å². The maximum Gasteiger partial charge on any atom is 0.214 e. The summed E-state index contributed by atoms with van der Waals surface area (Å²) in [5, 5.41) is 3.38. The number of hydrogen-bond donors (Lipinski definition) is 1. The SMILES string of the molecule is O=S1(=O)CCCN1CC1CCCCN1. The highest BCUT2D eigenvalue weighted by molar-refractivity contribution is 7.89. The maximum absolute atomic E-state index is 11.5. The smallest absolute Gasteiger partial charge is 0.214 e. The van der Waals surface area contributed by atoms with Crippen LogP contribution in [-0.2, 0) is 10.0 Å². The van der Waals surface area contributed by atoms with E-state index in [9.17, 15) is 8.42 Å². The molecule has 0 spiro atoms. The van der Waals surface area contributed by atoms with Gasteiger partial charge in [-0.3, -0.25) is 0 Å². The van der Waals surface area contributed by atoms with Gasteiger partial charge in [-0.15, -0.1) is 0 Å². The molecule has 0 aromatic heterocycles. The zero-order chi connectivity index (χ0) is 10.0. The zero-order valence-electron chi connectivity index (χ0n) is 8.41. The van der Waals surface area contributed by atoms with Crippen molar-refractivity contribution in [3.8, 4) is 0 Å². The van der Waals surface area contributed by atoms with Gasteiger partial charge in [0.15, 0.2) is 0 Å². The molecule has 1 atom stereocenters. The maximum atomic E-state index is 11.5. The van der Waals surface area contributed by atoms with Gasteiger partial charge in [0, 0.05) is 19.1 Å². The monoisotopic (exact) mass is 218 g/mol. The first kappa shape index (κ1) is 10.4. The van der Waals surface area contributed by atoms with Crippen LogP contribution in [0, 0.1) is 0 Å². The summed E-state index contributed by atoms with van der Waals surface area (Å²) in [7, 11) is -2.89. The lowest BCUT2D eigenvalue weighted by molar-refractivity contribution is 0.324. The van der Waals surface area contributed by atoms with Gasteiger partial charge < -0.3 is 5.32 Å². The number of nitrogens with zero attached hydrogens (tertiary/aromatic N) is 1. The molecule has 2 fully saturated rings. The van der Waals surface area contributed by atoms with Crippen molar-refractivity contribution in [2.75, 3.05) is 25.4 Å². The summed E-state index contributed by atoms with van der Waals surface area (Å²) in [6.07, 6.45) is 4.37. The van der Waals surface area contributed by atoms with Crippen LogP contribution in [0.25, 0.3) is 0 Å². The van der Waals surface area contributed by atoms with Gasteiger partial charge in [0.25, 0.3) is 0 Å². The summed E-state index contributed by atoms with van der Waals surface area (Å²) >= 11 is 0. The van der Waals surface area contributed by atoms with E-state index < -0.39 is 10.0 Å². The molecule has 1 unspecified atom stereocenters. The van der Waals surface area contributed by atoms with E-state index in [0.717, 1.165) is 25.9 Å². The van der Waals surface area contributed by atoms with Gasteiger partial charge in [-0.1, -0.05) is 6.42 Å². The van der Waals surface area contributed by atoms with Crippen molar-refractivity contribution in [3.05, 3.63) is 0 Å². The Bertz CT molecular complexity index is 283. The van der Waals surface area contributed by atoms with Crippen LogP contribution in [0.2, 0.25) is 0 Å². The lowest BCUT2D eigenvalue weighted by atomic mass is 10.1. The van der Waals surface area contributed by atoms with Crippen molar-refractivity contribution in [1.82, 2.24) is 9.62 Å². The summed E-state index contributed by atoms with van der Waals surface area (Å²) in [5.74, 6) is 0.347. The van der Waals surface area contributed by atoms with Crippen LogP contribution in [0.1, 0.15) is 25.7 Å². The van der Waals surface area contributed by atoms with E-state index >= 15 is 0 Å². The first-order chi connectivity index (χ1) is 6.68. The molecule has 0 radical (unpaired) electrons. The Morgan fingerprint density at radius 1 is 1.29 bits per heavy atom. The summed E-state index contributed by atoms with van der Waals surface area (Å²) in [6.45, 7) is 2.45. The normalized spacial score (nSPS) is 33.3. The van der Waals surface area contributed by atoms with E-state index in [0.29, 0.717) is 18.3 Å². The lowest BCUT2D eigenvalue weighted by Crippen LogP contribution is -2.44. The minimum atomic E-state index is -2.89. The van der Waals surface area contributed by atoms with Gasteiger partial charge in [0.1, 0.15) is 0 Å². The van der Waals surface area contributed by atoms with Gasteiger partial charge in [-0.05, 0) is 25.8 Å². The number of nitrogens with one attached hydrogen (secondary N) is 1. The molecular weight excluding hydrogens is 200 g/mol. The second-order valence-electron chi connectivity index (χ2n) is 4.17. The predicted molar refractivity (Wildman–Crippen MR) is 55.6 cm³/mol. The second kappa shape index (κ2) is 4.16. The Hall–Kier alpha value is -0.130. The summed E-state index contributed by atoms with van der Waals surface area (Å²) in [4.78, 5) is 0. The molecule has 2 saturated heterocycles. The molecule has 2 aliphatic heterocycles. The molecule has 2 aliphatic rings. The first-order valence-corrected chi connectivity index (χ1v) is 7.00. The van der Waals surface area contributed by atoms with Gasteiger partial charge in [0.05, 0.1) is 5.75 Å². The van der Waals surface area contributed by atoms with Crippen LogP contribution in [0.3, 0.4) is 0 Å². The van der Waals surface area contributed by atoms with Gasteiger partial charge >= 0.3 is 0 Å². The van der Waals surface area contributed by atoms with Gasteiger partial charge in [-0.2, -0.15) is 0 Å². The van der Waals surface area contributed by atoms with Crippen molar-refractivity contribution < 1.29 is 8.42 Å². The van der Waals surface area contributed by atoms with E-state index in [1.54, 1.807) is 4.31 Å². The van der Waals surface area contributed by atoms with Crippen molar-refractivity contribution >= 4 is 10.0 Å². The molecule has 82 valence electrons. The highest BCUT2D eigenvalue weighted by Crippen LogP contribution is 2.16. The van der Waals surface area contributed by atoms with Crippen LogP contribution in [0.4, 0.5) is 0 Å². The third-order valence-electron chi connectivity index (χ3n) is 3.04. The van der Waals surface area contributed by atoms with Gasteiger partial charge in [-0.25, -0.2) is 12.7 Å². The molecule has 1 N–H and O–H groups in total. The molecule has 0 aromatic rings. The Kier molecular flexibility index (Phi) is 3.09. The quantitative estimate of drug-likeness (QED) is 0.718. The number of sulfonamides is 1. The molecule has 0 bridgehead atoms. The predicted octanol–water partition coefficient (Wildman–Crippen LogP) is 0.164. The minimum Gasteiger partial charge on any atom is -0.313 e. The topological polar surface area (TPSA) is 49.4 Å². The van der Waals surface area contributed by atoms with E-state index in [-0.39, 0.29) is 0 Å². The van der Waals surface area contributed by atoms with E-state index in [1.165, 1.54) is 12.8 Å². The summed E-state index contributed by atoms with van der Waals surface area (Å²) in [6, 6.07) is 0.386. The molecule has 14 heavy (non-hydrogen) atoms. The van der Waals surface area contributed by atoms with E-state index in [2.05, 4.69) is 5.32 Å². The molecule has 0 saturated carbocycles. The Labute approximate surface area is 85.7 Å². The molecule has 0 amide bonds. The fourth-order valence-corrected chi connectivity index (χ4v) is 3.79. The van der Waals surface area contributed by atoms with Gasteiger partial charge in [0.2, 0.25) is 10.0 Å². The minimum absolute atomic E-state index is 0.347. The molecule has 0 aliphatic carbocycles. The van der Waals surface area contributed by atoms with Crippen molar-refractivity contribution in [2.45, 2.75) is 31.7 Å². The highest BCUT2D eigenvalue weighted by atomic mass is 32.2. The standard InChI is InChI=1S/C9H18N2O2S/c12-14(13)7-3-6-11(14)8-9-4-1-2-5-10-9/h9-10H,1-8H2. The Morgan fingerprint density at radius 3 is 2.71 bits per heavy atom. The van der Waals surface area contributed by atoms with Crippen molar-refractivity contribution in [1.29, 1.82) is 0 Å². The number of piperidine rings is 1. The average Bonchev–Trinajstić information content (AvgIpc) is 2.48. The molecular formula is C9H18N2O2S. The fraction of sp³-hybridized carbons (Fsp3) is 1.00. The van der Waals surface area contributed by atoms with Crippen LogP contribution >= 0.6 is 0 Å². The van der Waals surface area contributed by atoms with Crippen molar-refractivity contribution in [3.63, 3.8) is 0 Å².